The molecule has 1 unspecified atom stereocenters. The Morgan fingerprint density at radius 2 is 2.19 bits per heavy atom. The molecule has 2 heterocycles. The molecule has 1 amide bonds. The smallest absolute Gasteiger partial charge is 0.241 e. The Balaban J connectivity index is 1.87. The standard InChI is InChI=1S/C14H25N5O2/c1-14(2,19-4-6-21-7-5-19)10-16-13(20)12(15)11-8-17-18(3)9-11/h8-9,12H,4-7,10,15H2,1-3H3,(H,16,20). The van der Waals surface area contributed by atoms with Crippen LogP contribution in [0.4, 0.5) is 0 Å². The molecule has 1 aromatic rings. The van der Waals surface area contributed by atoms with E-state index in [0.29, 0.717) is 6.54 Å². The summed E-state index contributed by atoms with van der Waals surface area (Å²) in [6, 6.07) is -0.681. The van der Waals surface area contributed by atoms with Crippen LogP contribution in [0.25, 0.3) is 0 Å². The molecule has 1 atom stereocenters. The molecule has 7 heteroatoms. The van der Waals surface area contributed by atoms with E-state index in [4.69, 9.17) is 10.5 Å². The number of nitrogens with one attached hydrogen (secondary N) is 1. The van der Waals surface area contributed by atoms with Crippen molar-refractivity contribution >= 4 is 5.91 Å². The molecule has 2 rings (SSSR count). The topological polar surface area (TPSA) is 85.4 Å². The first-order chi connectivity index (χ1) is 9.90. The largest absolute Gasteiger partial charge is 0.379 e. The fraction of sp³-hybridized carbons (Fsp3) is 0.714. The summed E-state index contributed by atoms with van der Waals surface area (Å²) in [7, 11) is 1.80. The van der Waals surface area contributed by atoms with Gasteiger partial charge in [-0.1, -0.05) is 0 Å². The zero-order valence-electron chi connectivity index (χ0n) is 13.0. The van der Waals surface area contributed by atoms with Crippen molar-refractivity contribution in [1.29, 1.82) is 0 Å². The van der Waals surface area contributed by atoms with Gasteiger partial charge in [-0.15, -0.1) is 0 Å². The van der Waals surface area contributed by atoms with E-state index in [1.807, 2.05) is 0 Å². The van der Waals surface area contributed by atoms with Crippen molar-refractivity contribution in [1.82, 2.24) is 20.0 Å². The van der Waals surface area contributed by atoms with Crippen molar-refractivity contribution in [2.24, 2.45) is 12.8 Å². The van der Waals surface area contributed by atoms with Gasteiger partial charge in [0.15, 0.2) is 0 Å². The molecule has 7 nitrogen and oxygen atoms in total. The lowest BCUT2D eigenvalue weighted by Crippen LogP contribution is -2.56. The molecule has 0 aromatic carbocycles. The summed E-state index contributed by atoms with van der Waals surface area (Å²) >= 11 is 0. The number of amides is 1. The molecule has 0 saturated carbocycles. The second-order valence-electron chi connectivity index (χ2n) is 6.05. The first-order valence-electron chi connectivity index (χ1n) is 7.25. The minimum absolute atomic E-state index is 0.117. The highest BCUT2D eigenvalue weighted by Gasteiger charge is 2.29. The van der Waals surface area contributed by atoms with Gasteiger partial charge in [0.2, 0.25) is 5.91 Å². The molecule has 118 valence electrons. The molecule has 0 aliphatic carbocycles. The van der Waals surface area contributed by atoms with E-state index in [2.05, 4.69) is 29.2 Å². The Morgan fingerprint density at radius 1 is 1.52 bits per heavy atom. The van der Waals surface area contributed by atoms with Crippen molar-refractivity contribution in [3.63, 3.8) is 0 Å². The first-order valence-corrected chi connectivity index (χ1v) is 7.25. The van der Waals surface area contributed by atoms with Crippen LogP contribution in [-0.2, 0) is 16.6 Å². The maximum atomic E-state index is 12.2. The Bertz CT molecular complexity index is 479. The second kappa shape index (κ2) is 6.55. The summed E-state index contributed by atoms with van der Waals surface area (Å²) in [4.78, 5) is 14.5. The van der Waals surface area contributed by atoms with Crippen molar-refractivity contribution in [2.75, 3.05) is 32.8 Å². The van der Waals surface area contributed by atoms with E-state index in [1.54, 1.807) is 24.1 Å². The average molecular weight is 295 g/mol. The number of rotatable bonds is 5. The van der Waals surface area contributed by atoms with Crippen molar-refractivity contribution in [3.05, 3.63) is 18.0 Å². The van der Waals surface area contributed by atoms with Crippen LogP contribution < -0.4 is 11.1 Å². The molecule has 3 N–H and O–H groups in total. The summed E-state index contributed by atoms with van der Waals surface area (Å²) in [5.41, 5.74) is 6.57. The summed E-state index contributed by atoms with van der Waals surface area (Å²) in [6.45, 7) is 8.05. The van der Waals surface area contributed by atoms with Gasteiger partial charge in [-0.25, -0.2) is 0 Å². The predicted octanol–water partition coefficient (Wildman–Crippen LogP) is -0.353. The molecule has 0 bridgehead atoms. The number of carbonyl (C=O) groups excluding carboxylic acids is 1. The second-order valence-corrected chi connectivity index (χ2v) is 6.05. The Labute approximate surface area is 125 Å². The highest BCUT2D eigenvalue weighted by atomic mass is 16.5. The van der Waals surface area contributed by atoms with Crippen LogP contribution in [0.5, 0.6) is 0 Å². The number of ether oxygens (including phenoxy) is 1. The third kappa shape index (κ3) is 4.03. The lowest BCUT2D eigenvalue weighted by Gasteiger charge is -2.41. The SMILES string of the molecule is Cn1cc(C(N)C(=O)NCC(C)(C)N2CCOCC2)cn1. The van der Waals surface area contributed by atoms with Gasteiger partial charge in [-0.05, 0) is 13.8 Å². The number of morpholine rings is 1. The Morgan fingerprint density at radius 3 is 2.76 bits per heavy atom. The lowest BCUT2D eigenvalue weighted by molar-refractivity contribution is -0.123. The van der Waals surface area contributed by atoms with Crippen molar-refractivity contribution in [3.8, 4) is 0 Å². The molecule has 1 aliphatic heterocycles. The van der Waals surface area contributed by atoms with Gasteiger partial charge in [0.1, 0.15) is 6.04 Å². The van der Waals surface area contributed by atoms with Gasteiger partial charge in [0, 0.05) is 44.0 Å². The van der Waals surface area contributed by atoms with E-state index in [-0.39, 0.29) is 11.4 Å². The van der Waals surface area contributed by atoms with Crippen LogP contribution in [-0.4, -0.2) is 59.0 Å². The maximum Gasteiger partial charge on any atom is 0.241 e. The number of hydrogen-bond donors (Lipinski definition) is 2. The minimum atomic E-state index is -0.681. The van der Waals surface area contributed by atoms with Gasteiger partial charge >= 0.3 is 0 Å². The summed E-state index contributed by atoms with van der Waals surface area (Å²) in [6.07, 6.45) is 3.38. The van der Waals surface area contributed by atoms with E-state index in [1.165, 1.54) is 0 Å². The van der Waals surface area contributed by atoms with E-state index >= 15 is 0 Å². The highest BCUT2D eigenvalue weighted by Crippen LogP contribution is 2.16. The minimum Gasteiger partial charge on any atom is -0.379 e. The molecule has 1 aliphatic rings. The zero-order chi connectivity index (χ0) is 15.5. The summed E-state index contributed by atoms with van der Waals surface area (Å²) in [5, 5.41) is 6.98. The maximum absolute atomic E-state index is 12.2. The van der Waals surface area contributed by atoms with Gasteiger partial charge < -0.3 is 15.8 Å². The Kier molecular flexibility index (Phi) is 4.97. The molecule has 0 spiro atoms. The van der Waals surface area contributed by atoms with Crippen LogP contribution in [0.15, 0.2) is 12.4 Å². The van der Waals surface area contributed by atoms with Crippen LogP contribution >= 0.6 is 0 Å². The highest BCUT2D eigenvalue weighted by molar-refractivity contribution is 5.82. The number of carbonyl (C=O) groups is 1. The number of hydrogen-bond acceptors (Lipinski definition) is 5. The fourth-order valence-corrected chi connectivity index (χ4v) is 2.45. The van der Waals surface area contributed by atoms with Gasteiger partial charge in [-0.3, -0.25) is 14.4 Å². The van der Waals surface area contributed by atoms with E-state index in [9.17, 15) is 4.79 Å². The number of nitrogens with two attached hydrogens (primary N) is 1. The quantitative estimate of drug-likeness (QED) is 0.775. The van der Waals surface area contributed by atoms with Crippen LogP contribution in [0.1, 0.15) is 25.5 Å². The van der Waals surface area contributed by atoms with E-state index in [0.717, 1.165) is 31.9 Å². The van der Waals surface area contributed by atoms with Crippen molar-refractivity contribution < 1.29 is 9.53 Å². The molecular weight excluding hydrogens is 270 g/mol. The third-order valence-corrected chi connectivity index (χ3v) is 3.93. The Hall–Kier alpha value is -1.44. The molecular formula is C14H25N5O2. The van der Waals surface area contributed by atoms with Gasteiger partial charge in [-0.2, -0.15) is 5.10 Å². The zero-order valence-corrected chi connectivity index (χ0v) is 13.0. The molecule has 1 saturated heterocycles. The average Bonchev–Trinajstić information content (AvgIpc) is 2.91. The normalized spacial score (nSPS) is 18.5. The summed E-state index contributed by atoms with van der Waals surface area (Å²) in [5.74, 6) is -0.177. The van der Waals surface area contributed by atoms with Crippen LogP contribution in [0.2, 0.25) is 0 Å². The van der Waals surface area contributed by atoms with Gasteiger partial charge in [0.25, 0.3) is 0 Å². The molecule has 1 aromatic heterocycles. The van der Waals surface area contributed by atoms with Crippen LogP contribution in [0, 0.1) is 0 Å². The summed E-state index contributed by atoms with van der Waals surface area (Å²) < 4.78 is 7.00. The predicted molar refractivity (Wildman–Crippen MR) is 79.6 cm³/mol. The van der Waals surface area contributed by atoms with E-state index < -0.39 is 6.04 Å². The number of aromatic nitrogens is 2. The molecule has 21 heavy (non-hydrogen) atoms. The van der Waals surface area contributed by atoms with Crippen LogP contribution in [0.3, 0.4) is 0 Å². The third-order valence-electron chi connectivity index (χ3n) is 3.93. The number of aryl methyl sites for hydroxylation is 1. The fourth-order valence-electron chi connectivity index (χ4n) is 2.45. The van der Waals surface area contributed by atoms with Gasteiger partial charge in [0.05, 0.1) is 19.4 Å². The van der Waals surface area contributed by atoms with Crippen molar-refractivity contribution in [2.45, 2.75) is 25.4 Å². The molecule has 1 fully saturated rings. The molecule has 0 radical (unpaired) electrons. The lowest BCUT2D eigenvalue weighted by atomic mass is 10.0. The first kappa shape index (κ1) is 15.9. The monoisotopic (exact) mass is 295 g/mol. The number of nitrogens with zero attached hydrogens (tertiary/aromatic N) is 3.